The van der Waals surface area contributed by atoms with Crippen molar-refractivity contribution in [2.24, 2.45) is 0 Å². The van der Waals surface area contributed by atoms with Crippen LogP contribution in [0.25, 0.3) is 0 Å². The van der Waals surface area contributed by atoms with Crippen LogP contribution in [0.1, 0.15) is 16.7 Å². The van der Waals surface area contributed by atoms with Gasteiger partial charge >= 0.3 is 7.12 Å². The first-order valence-corrected chi connectivity index (χ1v) is 18.9. The fraction of sp³-hybridized carbons (Fsp3) is 0.278. The van der Waals surface area contributed by atoms with Crippen LogP contribution >= 0.6 is 0 Å². The van der Waals surface area contributed by atoms with Crippen molar-refractivity contribution in [1.82, 2.24) is 0 Å². The summed E-state index contributed by atoms with van der Waals surface area (Å²) in [6.45, 7) is 1.92. The molecule has 0 amide bonds. The van der Waals surface area contributed by atoms with Crippen LogP contribution in [0.15, 0.2) is 130 Å². The van der Waals surface area contributed by atoms with Crippen LogP contribution in [-0.2, 0) is 47.4 Å². The molecule has 4 N–H and O–H groups in total. The van der Waals surface area contributed by atoms with Gasteiger partial charge in [0.25, 0.3) is 0 Å². The number of hydrogen-bond acceptors (Lipinski definition) is 10. The summed E-state index contributed by atoms with van der Waals surface area (Å²) < 4.78 is 59.0. The van der Waals surface area contributed by atoms with Crippen LogP contribution in [0.4, 0.5) is 0 Å². The molecule has 49 heavy (non-hydrogen) atoms. The topological polar surface area (TPSA) is 168 Å². The van der Waals surface area contributed by atoms with Crippen molar-refractivity contribution in [3.63, 3.8) is 0 Å². The summed E-state index contributed by atoms with van der Waals surface area (Å²) in [6, 6.07) is 31.5. The summed E-state index contributed by atoms with van der Waals surface area (Å²) in [5.74, 6) is 0.0450. The van der Waals surface area contributed by atoms with Crippen molar-refractivity contribution in [1.29, 1.82) is 0 Å². The van der Waals surface area contributed by atoms with Crippen LogP contribution in [0.2, 0.25) is 0 Å². The molecule has 6 rings (SSSR count). The molecule has 2 saturated heterocycles. The molecule has 0 aliphatic carbocycles. The van der Waals surface area contributed by atoms with E-state index in [1.54, 1.807) is 84.9 Å². The Hall–Kier alpha value is -3.66. The lowest BCUT2D eigenvalue weighted by Crippen LogP contribution is -2.51. The third-order valence-electron chi connectivity index (χ3n) is 7.94. The standard InChI is InChI=1S/C18H20O4S.C10H10O3S.C8H11BO3/c19-11-10-15-6-8-16(9-7-15)18(12-22-13-18)14-23(20,21)17-4-2-1-3-5-17;11-14(12,8-9-6-13-7-9)10-4-2-1-3-5-10;10-6-5-7-1-3-8(4-2-7)9(11)12/h1-9,19H,10-14H2;1-5,8H,6-7H2;1-4,10-12H,5-6H2. The molecule has 13 heteroatoms. The average Bonchev–Trinajstić information content (AvgIpc) is 3.07. The maximum Gasteiger partial charge on any atom is 0.488 e. The van der Waals surface area contributed by atoms with Gasteiger partial charge in [0, 0.05) is 18.6 Å². The highest BCUT2D eigenvalue weighted by molar-refractivity contribution is 7.94. The number of hydrogen-bond donors (Lipinski definition) is 4. The van der Waals surface area contributed by atoms with Crippen LogP contribution in [0.5, 0.6) is 0 Å². The predicted octanol–water partition coefficient (Wildman–Crippen LogP) is 2.24. The third kappa shape index (κ3) is 10.9. The SMILES string of the molecule is O=S(=O)(C=C1COC1)c1ccccc1.O=S(=O)(CC1(c2ccc(CCO)cc2)COC1)c1ccccc1.OCCc1ccc(B(O)O)cc1. The molecule has 2 aliphatic heterocycles. The molecular formula is C36H41BO10S2. The molecule has 4 aromatic rings. The van der Waals surface area contributed by atoms with Crippen molar-refractivity contribution >= 4 is 32.3 Å². The molecule has 0 spiro atoms. The van der Waals surface area contributed by atoms with E-state index in [9.17, 15) is 16.8 Å². The van der Waals surface area contributed by atoms with E-state index < -0.39 is 32.2 Å². The summed E-state index contributed by atoms with van der Waals surface area (Å²) >= 11 is 0. The summed E-state index contributed by atoms with van der Waals surface area (Å²) in [5.41, 5.74) is 3.82. The molecule has 10 nitrogen and oxygen atoms in total. The Kier molecular flexibility index (Phi) is 13.9. The Morgan fingerprint density at radius 2 is 1.14 bits per heavy atom. The highest BCUT2D eigenvalue weighted by atomic mass is 32.2. The second kappa shape index (κ2) is 17.8. The van der Waals surface area contributed by atoms with Gasteiger partial charge in [-0.25, -0.2) is 16.8 Å². The van der Waals surface area contributed by atoms with Gasteiger partial charge in [0.05, 0.1) is 47.4 Å². The van der Waals surface area contributed by atoms with Crippen LogP contribution in [0.3, 0.4) is 0 Å². The average molecular weight is 709 g/mol. The molecule has 0 saturated carbocycles. The Balaban J connectivity index is 0.000000178. The van der Waals surface area contributed by atoms with Gasteiger partial charge in [-0.2, -0.15) is 0 Å². The number of rotatable bonds is 11. The van der Waals surface area contributed by atoms with Gasteiger partial charge in [-0.15, -0.1) is 0 Å². The summed E-state index contributed by atoms with van der Waals surface area (Å²) in [7, 11) is -8.04. The van der Waals surface area contributed by atoms with Crippen LogP contribution < -0.4 is 5.46 Å². The fourth-order valence-corrected chi connectivity index (χ4v) is 8.13. The van der Waals surface area contributed by atoms with Crippen molar-refractivity contribution in [3.8, 4) is 0 Å². The second-order valence-corrected chi connectivity index (χ2v) is 15.5. The highest BCUT2D eigenvalue weighted by Gasteiger charge is 2.44. The molecule has 0 bridgehead atoms. The lowest BCUT2D eigenvalue weighted by atomic mass is 9.80. The molecule has 0 aromatic heterocycles. The quantitative estimate of drug-likeness (QED) is 0.170. The third-order valence-corrected chi connectivity index (χ3v) is 11.4. The second-order valence-electron chi connectivity index (χ2n) is 11.7. The first kappa shape index (κ1) is 38.2. The zero-order valence-electron chi connectivity index (χ0n) is 27.0. The van der Waals surface area contributed by atoms with Gasteiger partial charge in [-0.1, -0.05) is 84.9 Å². The number of benzene rings is 4. The Labute approximate surface area is 288 Å². The van der Waals surface area contributed by atoms with E-state index in [4.69, 9.17) is 29.7 Å². The fourth-order valence-electron chi connectivity index (χ4n) is 5.08. The van der Waals surface area contributed by atoms with E-state index in [1.807, 2.05) is 24.3 Å². The summed E-state index contributed by atoms with van der Waals surface area (Å²) in [5, 5.41) is 36.4. The summed E-state index contributed by atoms with van der Waals surface area (Å²) in [6.07, 6.45) is 1.20. The Bertz CT molecular complexity index is 1840. The number of aliphatic hydroxyl groups is 2. The number of sulfone groups is 2. The minimum Gasteiger partial charge on any atom is -0.423 e. The smallest absolute Gasteiger partial charge is 0.423 e. The van der Waals surface area contributed by atoms with E-state index in [0.717, 1.165) is 22.3 Å². The molecule has 4 aromatic carbocycles. The number of ether oxygens (including phenoxy) is 2. The Morgan fingerprint density at radius 1 is 0.653 bits per heavy atom. The van der Waals surface area contributed by atoms with Gasteiger partial charge in [0.1, 0.15) is 0 Å². The lowest BCUT2D eigenvalue weighted by molar-refractivity contribution is -0.0481. The van der Waals surface area contributed by atoms with Crippen LogP contribution in [-0.4, -0.2) is 89.6 Å². The van der Waals surface area contributed by atoms with Crippen molar-refractivity contribution in [3.05, 3.63) is 137 Å². The van der Waals surface area contributed by atoms with Gasteiger partial charge in [-0.3, -0.25) is 0 Å². The zero-order chi connectivity index (χ0) is 35.3. The van der Waals surface area contributed by atoms with Gasteiger partial charge < -0.3 is 29.7 Å². The van der Waals surface area contributed by atoms with E-state index in [-0.39, 0.29) is 19.0 Å². The molecule has 260 valence electrons. The maximum atomic E-state index is 12.7. The number of aliphatic hydroxyl groups excluding tert-OH is 2. The zero-order valence-corrected chi connectivity index (χ0v) is 28.6. The van der Waals surface area contributed by atoms with E-state index in [1.165, 1.54) is 5.41 Å². The highest BCUT2D eigenvalue weighted by Crippen LogP contribution is 2.35. The molecule has 2 aliphatic rings. The van der Waals surface area contributed by atoms with Crippen LogP contribution in [0, 0.1) is 0 Å². The molecule has 0 unspecified atom stereocenters. The van der Waals surface area contributed by atoms with E-state index in [2.05, 4.69) is 0 Å². The Morgan fingerprint density at radius 3 is 1.55 bits per heavy atom. The first-order chi connectivity index (χ1) is 23.5. The monoisotopic (exact) mass is 708 g/mol. The van der Waals surface area contributed by atoms with E-state index in [0.29, 0.717) is 54.5 Å². The van der Waals surface area contributed by atoms with Crippen molar-refractivity contribution in [2.45, 2.75) is 28.0 Å². The normalized spacial score (nSPS) is 14.9. The van der Waals surface area contributed by atoms with Gasteiger partial charge in [0.15, 0.2) is 19.7 Å². The summed E-state index contributed by atoms with van der Waals surface area (Å²) in [4.78, 5) is 0.683. The van der Waals surface area contributed by atoms with Crippen molar-refractivity contribution < 1.29 is 46.6 Å². The largest absolute Gasteiger partial charge is 0.488 e. The minimum absolute atomic E-state index is 0.0450. The first-order valence-electron chi connectivity index (χ1n) is 15.7. The minimum atomic E-state index is -3.37. The van der Waals surface area contributed by atoms with Gasteiger partial charge in [0.2, 0.25) is 0 Å². The molecular weight excluding hydrogens is 667 g/mol. The molecule has 0 radical (unpaired) electrons. The van der Waals surface area contributed by atoms with E-state index >= 15 is 0 Å². The van der Waals surface area contributed by atoms with Crippen molar-refractivity contribution in [2.75, 3.05) is 45.4 Å². The maximum absolute atomic E-state index is 12.7. The molecule has 2 fully saturated rings. The molecule has 2 heterocycles. The predicted molar refractivity (Wildman–Crippen MR) is 188 cm³/mol. The van der Waals surface area contributed by atoms with Gasteiger partial charge in [-0.05, 0) is 64.8 Å². The molecule has 0 atom stereocenters. The lowest BCUT2D eigenvalue weighted by Gasteiger charge is -2.41.